The van der Waals surface area contributed by atoms with Crippen molar-refractivity contribution in [2.24, 2.45) is 0 Å². The Bertz CT molecular complexity index is 1080. The molecule has 1 aromatic heterocycles. The highest BCUT2D eigenvalue weighted by Crippen LogP contribution is 2.26. The van der Waals surface area contributed by atoms with Gasteiger partial charge in [0.2, 0.25) is 0 Å². The van der Waals surface area contributed by atoms with E-state index in [2.05, 4.69) is 5.32 Å². The summed E-state index contributed by atoms with van der Waals surface area (Å²) in [5.74, 6) is -0.645. The Kier molecular flexibility index (Phi) is 6.40. The molecule has 0 unspecified atom stereocenters. The average Bonchev–Trinajstić information content (AvgIpc) is 2.95. The Balaban J connectivity index is 2.04. The van der Waals surface area contributed by atoms with Crippen LogP contribution in [0.25, 0.3) is 0 Å². The third-order valence-electron chi connectivity index (χ3n) is 5.28. The number of nitrogens with zero attached hydrogens (tertiary/aromatic N) is 1. The topological polar surface area (TPSA) is 60.3 Å². The van der Waals surface area contributed by atoms with Gasteiger partial charge in [0.05, 0.1) is 12.2 Å². The lowest BCUT2D eigenvalue weighted by Gasteiger charge is -2.12. The number of carbonyl (C=O) groups is 2. The number of aryl methyl sites for hydroxylation is 2. The molecule has 3 aromatic rings. The molecular weight excluding hydrogens is 376 g/mol. The van der Waals surface area contributed by atoms with Crippen molar-refractivity contribution in [3.63, 3.8) is 0 Å². The van der Waals surface area contributed by atoms with Crippen molar-refractivity contribution in [3.05, 3.63) is 87.7 Å². The molecule has 0 fully saturated rings. The third kappa shape index (κ3) is 4.30. The molecule has 5 nitrogen and oxygen atoms in total. The highest BCUT2D eigenvalue weighted by atomic mass is 16.5. The molecule has 0 bridgehead atoms. The lowest BCUT2D eigenvalue weighted by molar-refractivity contribution is 0.0513. The molecular formula is C25H28N2O3. The van der Waals surface area contributed by atoms with E-state index in [1.807, 2.05) is 73.9 Å². The van der Waals surface area contributed by atoms with Crippen LogP contribution in [0.4, 0.5) is 5.69 Å². The highest BCUT2D eigenvalue weighted by Gasteiger charge is 2.27. The Labute approximate surface area is 177 Å². The molecule has 0 radical (unpaired) electrons. The summed E-state index contributed by atoms with van der Waals surface area (Å²) in [5.41, 5.74) is 6.23. The zero-order valence-corrected chi connectivity index (χ0v) is 18.2. The van der Waals surface area contributed by atoms with Crippen LogP contribution in [0.5, 0.6) is 0 Å². The standard InChI is InChI=1S/C25H28N2O3/c1-6-30-25(29)23-18(4)22(19(5)27(23)15-20-10-8-7-9-11-20)24(28)26-21-13-12-16(2)14-17(21)3/h7-14H,6,15H2,1-5H3,(H,26,28). The number of carbonyl (C=O) groups excluding carboxylic acids is 2. The summed E-state index contributed by atoms with van der Waals surface area (Å²) in [6, 6.07) is 15.8. The molecule has 156 valence electrons. The number of amides is 1. The molecule has 2 aromatic carbocycles. The van der Waals surface area contributed by atoms with Crippen LogP contribution in [0.3, 0.4) is 0 Å². The third-order valence-corrected chi connectivity index (χ3v) is 5.28. The molecule has 0 aliphatic rings. The van der Waals surface area contributed by atoms with E-state index in [1.165, 1.54) is 0 Å². The number of hydrogen-bond donors (Lipinski definition) is 1. The Hall–Kier alpha value is -3.34. The van der Waals surface area contributed by atoms with Crippen molar-refractivity contribution in [3.8, 4) is 0 Å². The van der Waals surface area contributed by atoms with Gasteiger partial charge in [0.25, 0.3) is 5.91 Å². The number of esters is 1. The molecule has 1 amide bonds. The zero-order valence-electron chi connectivity index (χ0n) is 18.2. The Morgan fingerprint density at radius 1 is 1.00 bits per heavy atom. The van der Waals surface area contributed by atoms with Gasteiger partial charge in [-0.2, -0.15) is 0 Å². The fourth-order valence-corrected chi connectivity index (χ4v) is 3.79. The maximum absolute atomic E-state index is 13.2. The van der Waals surface area contributed by atoms with Gasteiger partial charge < -0.3 is 14.6 Å². The second-order valence-electron chi connectivity index (χ2n) is 7.50. The molecule has 0 saturated heterocycles. The van der Waals surface area contributed by atoms with E-state index in [1.54, 1.807) is 13.8 Å². The minimum atomic E-state index is -0.417. The maximum atomic E-state index is 13.2. The van der Waals surface area contributed by atoms with E-state index in [9.17, 15) is 9.59 Å². The minimum Gasteiger partial charge on any atom is -0.461 e. The smallest absolute Gasteiger partial charge is 0.355 e. The lowest BCUT2D eigenvalue weighted by Crippen LogP contribution is -2.15. The van der Waals surface area contributed by atoms with Gasteiger partial charge in [-0.1, -0.05) is 48.0 Å². The van der Waals surface area contributed by atoms with E-state index in [4.69, 9.17) is 4.74 Å². The van der Waals surface area contributed by atoms with Crippen molar-refractivity contribution in [2.75, 3.05) is 11.9 Å². The number of nitrogens with one attached hydrogen (secondary N) is 1. The van der Waals surface area contributed by atoms with Crippen molar-refractivity contribution < 1.29 is 14.3 Å². The van der Waals surface area contributed by atoms with E-state index in [-0.39, 0.29) is 12.5 Å². The minimum absolute atomic E-state index is 0.227. The van der Waals surface area contributed by atoms with Crippen molar-refractivity contribution in [1.82, 2.24) is 4.57 Å². The quantitative estimate of drug-likeness (QED) is 0.575. The van der Waals surface area contributed by atoms with Crippen LogP contribution < -0.4 is 5.32 Å². The van der Waals surface area contributed by atoms with Gasteiger partial charge in [-0.3, -0.25) is 4.79 Å². The summed E-state index contributed by atoms with van der Waals surface area (Å²) in [7, 11) is 0. The number of aromatic nitrogens is 1. The first-order valence-electron chi connectivity index (χ1n) is 10.1. The van der Waals surface area contributed by atoms with Gasteiger partial charge in [-0.15, -0.1) is 0 Å². The van der Waals surface area contributed by atoms with Gasteiger partial charge in [0, 0.05) is 17.9 Å². The summed E-state index contributed by atoms with van der Waals surface area (Å²) in [6.45, 7) is 10.2. The summed E-state index contributed by atoms with van der Waals surface area (Å²) >= 11 is 0. The molecule has 0 saturated carbocycles. The Morgan fingerprint density at radius 2 is 1.70 bits per heavy atom. The molecule has 1 heterocycles. The van der Waals surface area contributed by atoms with Crippen LogP contribution in [-0.4, -0.2) is 23.1 Å². The fourth-order valence-electron chi connectivity index (χ4n) is 3.79. The van der Waals surface area contributed by atoms with Gasteiger partial charge >= 0.3 is 5.97 Å². The molecule has 0 aliphatic heterocycles. The van der Waals surface area contributed by atoms with Crippen molar-refractivity contribution in [1.29, 1.82) is 0 Å². The maximum Gasteiger partial charge on any atom is 0.355 e. The highest BCUT2D eigenvalue weighted by molar-refractivity contribution is 6.08. The first-order valence-corrected chi connectivity index (χ1v) is 10.1. The van der Waals surface area contributed by atoms with Crippen LogP contribution in [0.15, 0.2) is 48.5 Å². The van der Waals surface area contributed by atoms with Crippen molar-refractivity contribution in [2.45, 2.75) is 41.2 Å². The number of hydrogen-bond acceptors (Lipinski definition) is 3. The predicted octanol–water partition coefficient (Wildman–Crippen LogP) is 5.20. The van der Waals surface area contributed by atoms with Gasteiger partial charge in [-0.05, 0) is 57.4 Å². The number of benzene rings is 2. The molecule has 3 rings (SSSR count). The van der Waals surface area contributed by atoms with Crippen LogP contribution in [0.2, 0.25) is 0 Å². The van der Waals surface area contributed by atoms with E-state index < -0.39 is 5.97 Å². The summed E-state index contributed by atoms with van der Waals surface area (Å²) in [5, 5.41) is 3.01. The van der Waals surface area contributed by atoms with Gasteiger partial charge in [0.15, 0.2) is 0 Å². The van der Waals surface area contributed by atoms with Gasteiger partial charge in [-0.25, -0.2) is 4.79 Å². The molecule has 5 heteroatoms. The van der Waals surface area contributed by atoms with Crippen LogP contribution in [0.1, 0.15) is 55.7 Å². The summed E-state index contributed by atoms with van der Waals surface area (Å²) < 4.78 is 7.17. The first-order chi connectivity index (χ1) is 14.3. The van der Waals surface area contributed by atoms with E-state index >= 15 is 0 Å². The molecule has 30 heavy (non-hydrogen) atoms. The normalized spacial score (nSPS) is 10.7. The number of anilines is 1. The largest absolute Gasteiger partial charge is 0.461 e. The number of rotatable bonds is 6. The zero-order chi connectivity index (χ0) is 21.8. The average molecular weight is 405 g/mol. The van der Waals surface area contributed by atoms with E-state index in [0.717, 1.165) is 28.1 Å². The summed E-state index contributed by atoms with van der Waals surface area (Å²) in [4.78, 5) is 26.0. The van der Waals surface area contributed by atoms with Crippen molar-refractivity contribution >= 4 is 17.6 Å². The monoisotopic (exact) mass is 404 g/mol. The fraction of sp³-hybridized carbons (Fsp3) is 0.280. The van der Waals surface area contributed by atoms with Crippen LogP contribution >= 0.6 is 0 Å². The molecule has 0 aliphatic carbocycles. The first kappa shape index (κ1) is 21.4. The lowest BCUT2D eigenvalue weighted by atomic mass is 10.1. The molecule has 0 atom stereocenters. The van der Waals surface area contributed by atoms with Gasteiger partial charge in [0.1, 0.15) is 5.69 Å². The van der Waals surface area contributed by atoms with Crippen LogP contribution in [-0.2, 0) is 11.3 Å². The SMILES string of the molecule is CCOC(=O)c1c(C)c(C(=O)Nc2ccc(C)cc2C)c(C)n1Cc1ccccc1. The summed E-state index contributed by atoms with van der Waals surface area (Å²) in [6.07, 6.45) is 0. The molecule has 1 N–H and O–H groups in total. The molecule has 0 spiro atoms. The number of ether oxygens (including phenoxy) is 1. The van der Waals surface area contributed by atoms with Crippen LogP contribution in [0, 0.1) is 27.7 Å². The second kappa shape index (κ2) is 8.99. The van der Waals surface area contributed by atoms with E-state index in [0.29, 0.717) is 23.4 Å². The predicted molar refractivity (Wildman–Crippen MR) is 119 cm³/mol. The second-order valence-corrected chi connectivity index (χ2v) is 7.50. The Morgan fingerprint density at radius 3 is 2.33 bits per heavy atom.